The van der Waals surface area contributed by atoms with E-state index < -0.39 is 5.97 Å². The molecule has 0 aliphatic rings. The van der Waals surface area contributed by atoms with Gasteiger partial charge in [-0.05, 0) is 19.1 Å². The predicted octanol–water partition coefficient (Wildman–Crippen LogP) is 1.41. The number of rotatable bonds is 2. The molecular formula is C9H8N2O2. The van der Waals surface area contributed by atoms with Gasteiger partial charge in [0.25, 0.3) is 0 Å². The highest BCUT2D eigenvalue weighted by Crippen LogP contribution is 2.12. The highest BCUT2D eigenvalue weighted by molar-refractivity contribution is 5.87. The maximum absolute atomic E-state index is 10.6. The lowest BCUT2D eigenvalue weighted by atomic mass is 10.1. The Morgan fingerprint density at radius 2 is 2.46 bits per heavy atom. The highest BCUT2D eigenvalue weighted by atomic mass is 16.4. The molecule has 66 valence electrons. The van der Waals surface area contributed by atoms with Crippen LogP contribution in [0.15, 0.2) is 18.3 Å². The van der Waals surface area contributed by atoms with Crippen molar-refractivity contribution in [2.45, 2.75) is 12.8 Å². The Bertz CT molecular complexity index is 368. The lowest BCUT2D eigenvalue weighted by Gasteiger charge is -2.01. The molecule has 1 aromatic heterocycles. The summed E-state index contributed by atoms with van der Waals surface area (Å²) in [5.41, 5.74) is 0.648. The molecule has 0 radical (unpaired) electrons. The van der Waals surface area contributed by atoms with Gasteiger partial charge >= 0.3 is 5.97 Å². The number of aromatic carboxylic acids is 1. The van der Waals surface area contributed by atoms with Crippen molar-refractivity contribution in [3.8, 4) is 6.07 Å². The molecule has 1 rings (SSSR count). The van der Waals surface area contributed by atoms with Crippen LogP contribution in [0, 0.1) is 11.3 Å². The van der Waals surface area contributed by atoms with Crippen molar-refractivity contribution in [1.29, 1.82) is 5.26 Å². The zero-order valence-electron chi connectivity index (χ0n) is 7.06. The van der Waals surface area contributed by atoms with Gasteiger partial charge in [0.2, 0.25) is 0 Å². The molecule has 0 bridgehead atoms. The summed E-state index contributed by atoms with van der Waals surface area (Å²) >= 11 is 0. The molecule has 4 nitrogen and oxygen atoms in total. The van der Waals surface area contributed by atoms with Crippen LogP contribution in [0.2, 0.25) is 0 Å². The number of hydrogen-bond acceptors (Lipinski definition) is 3. The van der Waals surface area contributed by atoms with E-state index in [1.165, 1.54) is 18.3 Å². The largest absolute Gasteiger partial charge is 0.478 e. The fraction of sp³-hybridized carbons (Fsp3) is 0.222. The lowest BCUT2D eigenvalue weighted by Crippen LogP contribution is -2.00. The van der Waals surface area contributed by atoms with Crippen LogP contribution in [0.1, 0.15) is 28.9 Å². The fourth-order valence-electron chi connectivity index (χ4n) is 0.884. The minimum absolute atomic E-state index is 0.159. The Morgan fingerprint density at radius 1 is 1.77 bits per heavy atom. The normalized spacial score (nSPS) is 11.7. The third kappa shape index (κ3) is 2.03. The zero-order valence-corrected chi connectivity index (χ0v) is 7.06. The standard InChI is InChI=1S/C9H8N2O2/c1-6(5-10)8-4-7(9(12)13)2-3-11-8/h2-4,6H,1H3,(H,12,13). The van der Waals surface area contributed by atoms with Gasteiger partial charge in [-0.2, -0.15) is 5.26 Å². The van der Waals surface area contributed by atoms with Crippen molar-refractivity contribution in [3.05, 3.63) is 29.6 Å². The van der Waals surface area contributed by atoms with Gasteiger partial charge in [-0.15, -0.1) is 0 Å². The summed E-state index contributed by atoms with van der Waals surface area (Å²) in [6, 6.07) is 4.80. The van der Waals surface area contributed by atoms with E-state index >= 15 is 0 Å². The van der Waals surface area contributed by atoms with E-state index in [1.54, 1.807) is 6.92 Å². The number of hydrogen-bond donors (Lipinski definition) is 1. The number of carboxylic acids is 1. The first-order valence-corrected chi connectivity index (χ1v) is 3.74. The summed E-state index contributed by atoms with van der Waals surface area (Å²) in [5.74, 6) is -1.38. The molecule has 0 spiro atoms. The van der Waals surface area contributed by atoms with Crippen LogP contribution in [-0.2, 0) is 0 Å². The van der Waals surface area contributed by atoms with Crippen molar-refractivity contribution in [2.24, 2.45) is 0 Å². The Labute approximate surface area is 75.5 Å². The van der Waals surface area contributed by atoms with Crippen LogP contribution in [-0.4, -0.2) is 16.1 Å². The van der Waals surface area contributed by atoms with Crippen molar-refractivity contribution >= 4 is 5.97 Å². The molecule has 0 amide bonds. The van der Waals surface area contributed by atoms with Gasteiger partial charge in [0.1, 0.15) is 0 Å². The first-order valence-electron chi connectivity index (χ1n) is 3.74. The first kappa shape index (κ1) is 9.20. The smallest absolute Gasteiger partial charge is 0.335 e. The summed E-state index contributed by atoms with van der Waals surface area (Å²) < 4.78 is 0. The van der Waals surface area contributed by atoms with Crippen molar-refractivity contribution in [3.63, 3.8) is 0 Å². The molecular weight excluding hydrogens is 168 g/mol. The average Bonchev–Trinajstić information content (AvgIpc) is 2.17. The quantitative estimate of drug-likeness (QED) is 0.739. The molecule has 1 unspecified atom stereocenters. The van der Waals surface area contributed by atoms with Crippen LogP contribution >= 0.6 is 0 Å². The number of carboxylic acid groups (broad SMARTS) is 1. The van der Waals surface area contributed by atoms with Crippen LogP contribution in [0.3, 0.4) is 0 Å². The monoisotopic (exact) mass is 176 g/mol. The molecule has 0 saturated carbocycles. The lowest BCUT2D eigenvalue weighted by molar-refractivity contribution is 0.0696. The fourth-order valence-corrected chi connectivity index (χ4v) is 0.884. The van der Waals surface area contributed by atoms with E-state index in [0.717, 1.165) is 0 Å². The zero-order chi connectivity index (χ0) is 9.84. The van der Waals surface area contributed by atoms with Gasteiger partial charge < -0.3 is 5.11 Å². The van der Waals surface area contributed by atoms with Crippen LogP contribution < -0.4 is 0 Å². The summed E-state index contributed by atoms with van der Waals surface area (Å²) in [6.07, 6.45) is 1.40. The molecule has 4 heteroatoms. The number of pyridine rings is 1. The second-order valence-electron chi connectivity index (χ2n) is 2.63. The van der Waals surface area contributed by atoms with E-state index in [1.807, 2.05) is 6.07 Å². The van der Waals surface area contributed by atoms with Crippen LogP contribution in [0.25, 0.3) is 0 Å². The number of nitrogens with zero attached hydrogens (tertiary/aromatic N) is 2. The molecule has 1 atom stereocenters. The van der Waals surface area contributed by atoms with Crippen molar-refractivity contribution in [1.82, 2.24) is 4.98 Å². The summed E-state index contributed by atoms with van der Waals surface area (Å²) in [7, 11) is 0. The van der Waals surface area contributed by atoms with Gasteiger partial charge in [0, 0.05) is 6.20 Å². The third-order valence-electron chi connectivity index (χ3n) is 1.67. The third-order valence-corrected chi connectivity index (χ3v) is 1.67. The summed E-state index contributed by atoms with van der Waals surface area (Å²) in [6.45, 7) is 1.67. The molecule has 0 aliphatic heterocycles. The molecule has 1 heterocycles. The minimum Gasteiger partial charge on any atom is -0.478 e. The molecule has 13 heavy (non-hydrogen) atoms. The summed E-state index contributed by atoms with van der Waals surface area (Å²) in [5, 5.41) is 17.2. The first-order chi connectivity index (χ1) is 6.15. The highest BCUT2D eigenvalue weighted by Gasteiger charge is 2.08. The van der Waals surface area contributed by atoms with Gasteiger partial charge in [-0.1, -0.05) is 0 Å². The van der Waals surface area contributed by atoms with E-state index in [-0.39, 0.29) is 11.5 Å². The number of nitriles is 1. The second kappa shape index (κ2) is 3.68. The second-order valence-corrected chi connectivity index (χ2v) is 2.63. The molecule has 0 aliphatic carbocycles. The van der Waals surface area contributed by atoms with E-state index in [4.69, 9.17) is 10.4 Å². The summed E-state index contributed by atoms with van der Waals surface area (Å²) in [4.78, 5) is 14.5. The van der Waals surface area contributed by atoms with Gasteiger partial charge in [-0.25, -0.2) is 4.79 Å². The Morgan fingerprint density at radius 3 is 3.00 bits per heavy atom. The molecule has 1 aromatic rings. The maximum Gasteiger partial charge on any atom is 0.335 e. The molecule has 0 saturated heterocycles. The van der Waals surface area contributed by atoms with Gasteiger partial charge in [-0.3, -0.25) is 4.98 Å². The van der Waals surface area contributed by atoms with Crippen LogP contribution in [0.5, 0.6) is 0 Å². The molecule has 0 fully saturated rings. The minimum atomic E-state index is -1.01. The number of aromatic nitrogens is 1. The van der Waals surface area contributed by atoms with E-state index in [2.05, 4.69) is 4.98 Å². The average molecular weight is 176 g/mol. The van der Waals surface area contributed by atoms with Crippen molar-refractivity contribution in [2.75, 3.05) is 0 Å². The topological polar surface area (TPSA) is 74.0 Å². The predicted molar refractivity (Wildman–Crippen MR) is 45.2 cm³/mol. The van der Waals surface area contributed by atoms with E-state index in [9.17, 15) is 4.79 Å². The molecule has 1 N–H and O–H groups in total. The maximum atomic E-state index is 10.6. The van der Waals surface area contributed by atoms with Crippen LogP contribution in [0.4, 0.5) is 0 Å². The Hall–Kier alpha value is -1.89. The van der Waals surface area contributed by atoms with E-state index in [0.29, 0.717) is 5.69 Å². The van der Waals surface area contributed by atoms with Gasteiger partial charge in [0.05, 0.1) is 23.2 Å². The van der Waals surface area contributed by atoms with Gasteiger partial charge in [0.15, 0.2) is 0 Å². The Kier molecular flexibility index (Phi) is 2.60. The number of carbonyl (C=O) groups is 1. The molecule has 0 aromatic carbocycles. The SMILES string of the molecule is CC(C#N)c1cc(C(=O)O)ccn1. The van der Waals surface area contributed by atoms with Crippen molar-refractivity contribution < 1.29 is 9.90 Å². The Balaban J connectivity index is 3.07.